The van der Waals surface area contributed by atoms with Crippen molar-refractivity contribution in [2.75, 3.05) is 7.11 Å². The molecular formula is C22H21NO10. The van der Waals surface area contributed by atoms with Crippen LogP contribution in [0.2, 0.25) is 0 Å². The highest BCUT2D eigenvalue weighted by atomic mass is 16.7. The van der Waals surface area contributed by atoms with Gasteiger partial charge in [0.2, 0.25) is 0 Å². The molecule has 0 aromatic heterocycles. The number of esters is 1. The van der Waals surface area contributed by atoms with Gasteiger partial charge in [0.25, 0.3) is 0 Å². The maximum atomic E-state index is 12.8. The monoisotopic (exact) mass is 459 g/mol. The van der Waals surface area contributed by atoms with Crippen LogP contribution < -0.4 is 9.47 Å². The molecule has 3 rings (SSSR count). The Morgan fingerprint density at radius 1 is 1.12 bits per heavy atom. The van der Waals surface area contributed by atoms with E-state index in [0.29, 0.717) is 10.5 Å². The molecule has 2 atom stereocenters. The first-order valence-electron chi connectivity index (χ1n) is 9.81. The topological polar surface area (TPSA) is 149 Å². The van der Waals surface area contributed by atoms with E-state index in [-0.39, 0.29) is 30.1 Å². The maximum absolute atomic E-state index is 12.8. The van der Waals surface area contributed by atoms with Gasteiger partial charge in [0.15, 0.2) is 17.7 Å². The van der Waals surface area contributed by atoms with Crippen LogP contribution in [0.3, 0.4) is 0 Å². The van der Waals surface area contributed by atoms with Crippen molar-refractivity contribution in [3.05, 3.63) is 59.7 Å². The lowest BCUT2D eigenvalue weighted by Gasteiger charge is -2.37. The van der Waals surface area contributed by atoms with Gasteiger partial charge in [-0.1, -0.05) is 42.5 Å². The molecule has 0 saturated carbocycles. The van der Waals surface area contributed by atoms with E-state index in [1.54, 1.807) is 30.3 Å². The first kappa shape index (κ1) is 23.5. The van der Waals surface area contributed by atoms with E-state index in [4.69, 9.17) is 19.3 Å². The summed E-state index contributed by atoms with van der Waals surface area (Å²) >= 11 is 0. The molecule has 1 amide bonds. The Hall–Kier alpha value is -4.12. The van der Waals surface area contributed by atoms with Crippen LogP contribution in [-0.2, 0) is 25.7 Å². The van der Waals surface area contributed by atoms with Crippen LogP contribution in [-0.4, -0.2) is 52.5 Å². The van der Waals surface area contributed by atoms with Crippen LogP contribution in [0.15, 0.2) is 48.5 Å². The number of nitrogens with zero attached hydrogens (tertiary/aromatic N) is 1. The van der Waals surface area contributed by atoms with Gasteiger partial charge in [-0.2, -0.15) is 0 Å². The van der Waals surface area contributed by atoms with Crippen molar-refractivity contribution < 1.29 is 48.3 Å². The second-order valence-electron chi connectivity index (χ2n) is 6.92. The molecule has 33 heavy (non-hydrogen) atoms. The summed E-state index contributed by atoms with van der Waals surface area (Å²) in [6.45, 7) is -0.115. The molecule has 0 bridgehead atoms. The number of rotatable bonds is 8. The molecule has 1 aliphatic heterocycles. The summed E-state index contributed by atoms with van der Waals surface area (Å²) < 4.78 is 19.9. The standard InChI is InChI=1S/C22H21NO10/c1-30-22(29)32-16-9-5-8-14-18(16)33-21(28)23(19(14)26)15(10-11-17(24)25)20(27)31-12-13-6-3-2-4-7-13/h2-9,15,19,26H,10-12H2,1H3,(H,24,25)/t15-,19?/m0/s1. The third-order valence-electron chi connectivity index (χ3n) is 4.77. The van der Waals surface area contributed by atoms with Gasteiger partial charge in [-0.25, -0.2) is 14.4 Å². The van der Waals surface area contributed by atoms with Gasteiger partial charge in [0.05, 0.1) is 7.11 Å². The van der Waals surface area contributed by atoms with E-state index in [1.807, 2.05) is 0 Å². The molecule has 1 aliphatic rings. The lowest BCUT2D eigenvalue weighted by Crippen LogP contribution is -2.51. The molecule has 0 spiro atoms. The number of carbonyl (C=O) groups excluding carboxylic acids is 3. The van der Waals surface area contributed by atoms with Crippen molar-refractivity contribution in [2.24, 2.45) is 0 Å². The van der Waals surface area contributed by atoms with Crippen LogP contribution in [0.25, 0.3) is 0 Å². The summed E-state index contributed by atoms with van der Waals surface area (Å²) in [6, 6.07) is 11.4. The number of benzene rings is 2. The van der Waals surface area contributed by atoms with Gasteiger partial charge >= 0.3 is 24.2 Å². The molecule has 1 unspecified atom stereocenters. The Kier molecular flexibility index (Phi) is 7.46. The predicted molar refractivity (Wildman–Crippen MR) is 109 cm³/mol. The maximum Gasteiger partial charge on any atom is 0.513 e. The Labute approximate surface area is 188 Å². The van der Waals surface area contributed by atoms with Gasteiger partial charge in [-0.3, -0.25) is 9.69 Å². The fraction of sp³-hybridized carbons (Fsp3) is 0.273. The number of para-hydroxylation sites is 1. The quantitative estimate of drug-likeness (QED) is 0.445. The van der Waals surface area contributed by atoms with Crippen LogP contribution in [0.5, 0.6) is 11.5 Å². The van der Waals surface area contributed by atoms with Gasteiger partial charge < -0.3 is 29.2 Å². The number of amides is 1. The smallest absolute Gasteiger partial charge is 0.481 e. The average molecular weight is 459 g/mol. The van der Waals surface area contributed by atoms with Gasteiger partial charge in [0.1, 0.15) is 12.6 Å². The molecular weight excluding hydrogens is 438 g/mol. The lowest BCUT2D eigenvalue weighted by molar-refractivity contribution is -0.156. The lowest BCUT2D eigenvalue weighted by atomic mass is 10.0. The van der Waals surface area contributed by atoms with Crippen LogP contribution >= 0.6 is 0 Å². The molecule has 0 radical (unpaired) electrons. The number of hydrogen-bond donors (Lipinski definition) is 2. The molecule has 174 valence electrons. The first-order chi connectivity index (χ1) is 15.8. The van der Waals surface area contributed by atoms with E-state index in [1.165, 1.54) is 18.2 Å². The van der Waals surface area contributed by atoms with Gasteiger partial charge in [0, 0.05) is 12.0 Å². The molecule has 0 saturated heterocycles. The van der Waals surface area contributed by atoms with Crippen molar-refractivity contribution >= 4 is 24.2 Å². The van der Waals surface area contributed by atoms with E-state index in [9.17, 15) is 24.3 Å². The van der Waals surface area contributed by atoms with E-state index in [2.05, 4.69) is 4.74 Å². The zero-order valence-electron chi connectivity index (χ0n) is 17.5. The normalized spacial score (nSPS) is 15.6. The Morgan fingerprint density at radius 3 is 2.52 bits per heavy atom. The fourth-order valence-corrected chi connectivity index (χ4v) is 3.20. The molecule has 2 N–H and O–H groups in total. The second-order valence-corrected chi connectivity index (χ2v) is 6.92. The summed E-state index contributed by atoms with van der Waals surface area (Å²) in [7, 11) is 1.09. The molecule has 0 fully saturated rings. The zero-order chi connectivity index (χ0) is 24.0. The number of carbonyl (C=O) groups is 4. The zero-order valence-corrected chi connectivity index (χ0v) is 17.5. The van der Waals surface area contributed by atoms with Crippen molar-refractivity contribution in [1.82, 2.24) is 4.90 Å². The number of aliphatic hydroxyl groups excluding tert-OH is 1. The highest BCUT2D eigenvalue weighted by Crippen LogP contribution is 2.41. The molecule has 11 heteroatoms. The number of hydrogen-bond acceptors (Lipinski definition) is 9. The Bertz CT molecular complexity index is 1040. The van der Waals surface area contributed by atoms with Crippen molar-refractivity contribution in [3.8, 4) is 11.5 Å². The first-order valence-corrected chi connectivity index (χ1v) is 9.81. The third-order valence-corrected chi connectivity index (χ3v) is 4.77. The van der Waals surface area contributed by atoms with Crippen LogP contribution in [0.4, 0.5) is 9.59 Å². The number of aliphatic hydroxyl groups is 1. The fourth-order valence-electron chi connectivity index (χ4n) is 3.20. The highest BCUT2D eigenvalue weighted by molar-refractivity contribution is 5.85. The van der Waals surface area contributed by atoms with Crippen molar-refractivity contribution in [1.29, 1.82) is 0 Å². The van der Waals surface area contributed by atoms with Gasteiger partial charge in [-0.15, -0.1) is 0 Å². The minimum absolute atomic E-state index is 0.0205. The van der Waals surface area contributed by atoms with E-state index < -0.39 is 42.9 Å². The Balaban J connectivity index is 1.86. The number of fused-ring (bicyclic) bond motifs is 1. The summed E-state index contributed by atoms with van der Waals surface area (Å²) in [5.41, 5.74) is 0.701. The summed E-state index contributed by atoms with van der Waals surface area (Å²) in [5, 5.41) is 19.9. The van der Waals surface area contributed by atoms with Crippen LogP contribution in [0.1, 0.15) is 30.2 Å². The van der Waals surface area contributed by atoms with Crippen molar-refractivity contribution in [2.45, 2.75) is 31.7 Å². The third kappa shape index (κ3) is 5.57. The Morgan fingerprint density at radius 2 is 1.85 bits per heavy atom. The summed E-state index contributed by atoms with van der Waals surface area (Å²) in [4.78, 5) is 48.8. The number of carboxylic acid groups (broad SMARTS) is 1. The summed E-state index contributed by atoms with van der Waals surface area (Å²) in [6.07, 6.45) is -4.73. The van der Waals surface area contributed by atoms with E-state index >= 15 is 0 Å². The number of methoxy groups -OCH3 is 1. The summed E-state index contributed by atoms with van der Waals surface area (Å²) in [5.74, 6) is -2.53. The minimum Gasteiger partial charge on any atom is -0.481 e. The van der Waals surface area contributed by atoms with Gasteiger partial charge in [-0.05, 0) is 18.1 Å². The number of aliphatic carboxylic acids is 1. The molecule has 2 aromatic rings. The van der Waals surface area contributed by atoms with Crippen molar-refractivity contribution in [3.63, 3.8) is 0 Å². The minimum atomic E-state index is -1.70. The van der Waals surface area contributed by atoms with E-state index in [0.717, 1.165) is 7.11 Å². The molecule has 11 nitrogen and oxygen atoms in total. The predicted octanol–water partition coefficient (Wildman–Crippen LogP) is 2.61. The second kappa shape index (κ2) is 10.5. The average Bonchev–Trinajstić information content (AvgIpc) is 2.80. The largest absolute Gasteiger partial charge is 0.513 e. The number of ether oxygens (including phenoxy) is 4. The highest BCUT2D eigenvalue weighted by Gasteiger charge is 2.43. The molecule has 2 aromatic carbocycles. The molecule has 1 heterocycles. The SMILES string of the molecule is COC(=O)Oc1cccc2c1OC(=O)N([C@@H](CCC(=O)O)C(=O)OCc1ccccc1)C2O. The number of carboxylic acids is 1. The van der Waals surface area contributed by atoms with Crippen LogP contribution in [0, 0.1) is 0 Å². The molecule has 0 aliphatic carbocycles.